The van der Waals surface area contributed by atoms with Crippen molar-refractivity contribution in [2.75, 3.05) is 0 Å². The number of nitro benzene ring substituents is 1. The zero-order valence-corrected chi connectivity index (χ0v) is 13.4. The minimum absolute atomic E-state index is 0.0130. The Balaban J connectivity index is 2.16. The maximum atomic E-state index is 12.5. The molecule has 0 unspecified atom stereocenters. The molecule has 0 radical (unpaired) electrons. The highest BCUT2D eigenvalue weighted by atomic mass is 35.5. The van der Waals surface area contributed by atoms with Crippen molar-refractivity contribution in [3.8, 4) is 0 Å². The van der Waals surface area contributed by atoms with Gasteiger partial charge >= 0.3 is 5.76 Å². The molecule has 1 heterocycles. The summed E-state index contributed by atoms with van der Waals surface area (Å²) in [5.41, 5.74) is -0.407. The van der Waals surface area contributed by atoms with Gasteiger partial charge in [0.25, 0.3) is 11.2 Å². The molecule has 122 valence electrons. The number of fused-ring (bicyclic) bond motifs is 1. The van der Waals surface area contributed by atoms with Crippen molar-refractivity contribution in [1.82, 2.24) is 4.57 Å². The molecule has 0 amide bonds. The van der Waals surface area contributed by atoms with E-state index in [1.807, 2.05) is 0 Å². The largest absolute Gasteiger partial charge is 0.422 e. The van der Waals surface area contributed by atoms with Crippen LogP contribution in [-0.4, -0.2) is 9.49 Å². The van der Waals surface area contributed by atoms with Gasteiger partial charge in [-0.05, 0) is 23.8 Å². The van der Waals surface area contributed by atoms with Gasteiger partial charge in [0, 0.05) is 12.1 Å². The van der Waals surface area contributed by atoms with Crippen LogP contribution in [0.5, 0.6) is 0 Å². The quantitative estimate of drug-likeness (QED) is 0.523. The number of benzene rings is 2. The molecule has 0 aliphatic heterocycles. The first-order valence-corrected chi connectivity index (χ1v) is 7.38. The van der Waals surface area contributed by atoms with Crippen LogP contribution in [0.15, 0.2) is 50.4 Å². The summed E-state index contributed by atoms with van der Waals surface area (Å²) in [6.07, 6.45) is 0. The molecule has 0 N–H and O–H groups in total. The number of hydrogen-bond acceptors (Lipinski definition) is 5. The minimum atomic E-state index is -0.868. The summed E-state index contributed by atoms with van der Waals surface area (Å²) in [7, 11) is 0. The Labute approximate surface area is 143 Å². The van der Waals surface area contributed by atoms with E-state index in [0.29, 0.717) is 10.6 Å². The van der Waals surface area contributed by atoms with Crippen molar-refractivity contribution in [3.63, 3.8) is 0 Å². The van der Waals surface area contributed by atoms with Crippen LogP contribution in [0.4, 0.5) is 5.69 Å². The van der Waals surface area contributed by atoms with E-state index in [1.54, 1.807) is 6.07 Å². The third-order valence-corrected chi connectivity index (χ3v) is 4.13. The molecule has 24 heavy (non-hydrogen) atoms. The fraction of sp³-hybridized carbons (Fsp3) is 0.0667. The molecule has 3 aromatic rings. The average Bonchev–Trinajstić information content (AvgIpc) is 2.54. The normalized spacial score (nSPS) is 10.9. The summed E-state index contributed by atoms with van der Waals surface area (Å²) in [5, 5.41) is 11.4. The van der Waals surface area contributed by atoms with Crippen molar-refractivity contribution in [2.45, 2.75) is 6.54 Å². The molecule has 3 rings (SSSR count). The summed E-state index contributed by atoms with van der Waals surface area (Å²) < 4.78 is 5.90. The van der Waals surface area contributed by atoms with Crippen LogP contribution in [0.3, 0.4) is 0 Å². The van der Waals surface area contributed by atoms with Crippen molar-refractivity contribution in [1.29, 1.82) is 0 Å². The molecular weight excluding hydrogens is 359 g/mol. The predicted molar refractivity (Wildman–Crippen MR) is 89.0 cm³/mol. The van der Waals surface area contributed by atoms with E-state index >= 15 is 0 Å². The van der Waals surface area contributed by atoms with Crippen LogP contribution in [0, 0.1) is 10.1 Å². The number of nitro groups is 1. The van der Waals surface area contributed by atoms with E-state index in [4.69, 9.17) is 27.6 Å². The maximum Gasteiger partial charge on any atom is 0.422 e. The Bertz CT molecular complexity index is 1090. The van der Waals surface area contributed by atoms with Crippen molar-refractivity contribution >= 4 is 39.9 Å². The highest BCUT2D eigenvalue weighted by Gasteiger charge is 2.14. The second-order valence-corrected chi connectivity index (χ2v) is 5.76. The lowest BCUT2D eigenvalue weighted by atomic mass is 10.2. The lowest BCUT2D eigenvalue weighted by molar-refractivity contribution is -0.384. The molecule has 0 saturated carbocycles. The number of aromatic nitrogens is 1. The zero-order chi connectivity index (χ0) is 17.4. The number of nitrogens with zero attached hydrogens (tertiary/aromatic N) is 2. The van der Waals surface area contributed by atoms with E-state index in [0.717, 1.165) is 16.7 Å². The number of halogens is 2. The van der Waals surface area contributed by atoms with Gasteiger partial charge in [0.2, 0.25) is 0 Å². The van der Waals surface area contributed by atoms with Crippen LogP contribution < -0.4 is 11.3 Å². The molecular formula is C15H8Cl2N2O5. The van der Waals surface area contributed by atoms with Gasteiger partial charge in [-0.25, -0.2) is 9.36 Å². The second kappa shape index (κ2) is 6.10. The molecule has 0 fully saturated rings. The van der Waals surface area contributed by atoms with Gasteiger partial charge in [0.1, 0.15) is 5.58 Å². The van der Waals surface area contributed by atoms with Gasteiger partial charge in [0.15, 0.2) is 0 Å². The molecule has 0 atom stereocenters. The molecule has 0 saturated heterocycles. The van der Waals surface area contributed by atoms with E-state index in [9.17, 15) is 19.7 Å². The number of non-ortho nitro benzene ring substituents is 1. The first-order valence-electron chi connectivity index (χ1n) is 6.63. The Morgan fingerprint density at radius 1 is 1.08 bits per heavy atom. The van der Waals surface area contributed by atoms with E-state index < -0.39 is 16.2 Å². The first-order chi connectivity index (χ1) is 11.4. The fourth-order valence-electron chi connectivity index (χ4n) is 2.22. The van der Waals surface area contributed by atoms with Crippen molar-refractivity contribution in [3.05, 3.63) is 83.0 Å². The average molecular weight is 367 g/mol. The summed E-state index contributed by atoms with van der Waals surface area (Å²) in [5.74, 6) is -0.868. The van der Waals surface area contributed by atoms with Crippen LogP contribution in [0.25, 0.3) is 11.0 Å². The summed E-state index contributed by atoms with van der Waals surface area (Å²) in [6, 6.07) is 8.13. The lowest BCUT2D eigenvalue weighted by Crippen LogP contribution is -2.32. The highest BCUT2D eigenvalue weighted by Crippen LogP contribution is 2.23. The Morgan fingerprint density at radius 3 is 2.50 bits per heavy atom. The van der Waals surface area contributed by atoms with Gasteiger partial charge in [-0.1, -0.05) is 29.3 Å². The molecule has 0 spiro atoms. The third kappa shape index (κ3) is 2.91. The van der Waals surface area contributed by atoms with Crippen LogP contribution in [0.1, 0.15) is 5.56 Å². The second-order valence-electron chi connectivity index (χ2n) is 4.95. The topological polar surface area (TPSA) is 95.3 Å². The number of hydrogen-bond donors (Lipinski definition) is 0. The molecule has 0 aliphatic carbocycles. The number of rotatable bonds is 3. The fourth-order valence-corrected chi connectivity index (χ4v) is 2.54. The van der Waals surface area contributed by atoms with E-state index in [2.05, 4.69) is 0 Å². The molecule has 7 nitrogen and oxygen atoms in total. The SMILES string of the molecule is O=c1oc2ccc([N+](=O)[O-])cc2c(=O)n1Cc1ccc(Cl)c(Cl)c1. The van der Waals surface area contributed by atoms with Gasteiger partial charge < -0.3 is 4.42 Å². The smallest absolute Gasteiger partial charge is 0.409 e. The Kier molecular flexibility index (Phi) is 4.13. The van der Waals surface area contributed by atoms with E-state index in [1.165, 1.54) is 18.2 Å². The minimum Gasteiger partial charge on any atom is -0.409 e. The summed E-state index contributed by atoms with van der Waals surface area (Å²) >= 11 is 11.7. The van der Waals surface area contributed by atoms with E-state index in [-0.39, 0.29) is 28.2 Å². The molecule has 2 aromatic carbocycles. The van der Waals surface area contributed by atoms with Gasteiger partial charge in [-0.2, -0.15) is 0 Å². The van der Waals surface area contributed by atoms with Crippen LogP contribution >= 0.6 is 23.2 Å². The zero-order valence-electron chi connectivity index (χ0n) is 11.9. The van der Waals surface area contributed by atoms with Gasteiger partial charge in [-0.3, -0.25) is 14.9 Å². The maximum absolute atomic E-state index is 12.5. The lowest BCUT2D eigenvalue weighted by Gasteiger charge is -2.06. The summed E-state index contributed by atoms with van der Waals surface area (Å²) in [6.45, 7) is -0.101. The third-order valence-electron chi connectivity index (χ3n) is 3.39. The van der Waals surface area contributed by atoms with Crippen molar-refractivity contribution in [2.24, 2.45) is 0 Å². The standard InChI is InChI=1S/C15H8Cl2N2O5/c16-11-3-1-8(5-12(11)17)7-18-14(20)10-6-9(19(22)23)2-4-13(10)24-15(18)21/h1-6H,7H2. The first kappa shape index (κ1) is 16.2. The van der Waals surface area contributed by atoms with Crippen LogP contribution in [-0.2, 0) is 6.54 Å². The van der Waals surface area contributed by atoms with Gasteiger partial charge in [0.05, 0.1) is 26.9 Å². The Morgan fingerprint density at radius 2 is 1.83 bits per heavy atom. The molecule has 1 aromatic heterocycles. The molecule has 0 bridgehead atoms. The molecule has 9 heteroatoms. The highest BCUT2D eigenvalue weighted by molar-refractivity contribution is 6.42. The van der Waals surface area contributed by atoms with Gasteiger partial charge in [-0.15, -0.1) is 0 Å². The monoisotopic (exact) mass is 366 g/mol. The Hall–Kier alpha value is -2.64. The van der Waals surface area contributed by atoms with Crippen LogP contribution in [0.2, 0.25) is 10.0 Å². The molecule has 0 aliphatic rings. The predicted octanol–water partition coefficient (Wildman–Crippen LogP) is 3.22. The summed E-state index contributed by atoms with van der Waals surface area (Å²) in [4.78, 5) is 34.7. The van der Waals surface area contributed by atoms with Crippen molar-refractivity contribution < 1.29 is 9.34 Å².